The van der Waals surface area contributed by atoms with Crippen molar-refractivity contribution in [1.82, 2.24) is 14.8 Å². The van der Waals surface area contributed by atoms with E-state index in [0.29, 0.717) is 25.9 Å². The molecule has 27 heavy (non-hydrogen) atoms. The van der Waals surface area contributed by atoms with Gasteiger partial charge >= 0.3 is 0 Å². The molecule has 0 radical (unpaired) electrons. The average molecular weight is 462 g/mol. The average Bonchev–Trinajstić information content (AvgIpc) is 3.24. The Hall–Kier alpha value is -1.25. The highest BCUT2D eigenvalue weighted by molar-refractivity contribution is 7.99. The summed E-state index contributed by atoms with van der Waals surface area (Å²) < 4.78 is 1.88. The number of thiophene rings is 1. The van der Waals surface area contributed by atoms with E-state index in [9.17, 15) is 4.79 Å². The monoisotopic (exact) mass is 460 g/mol. The number of aryl methyl sites for hydroxylation is 1. The number of anilines is 1. The van der Waals surface area contributed by atoms with Crippen LogP contribution in [0, 0.1) is 0 Å². The lowest BCUT2D eigenvalue weighted by molar-refractivity contribution is -0.113. The zero-order valence-electron chi connectivity index (χ0n) is 14.4. The molecule has 0 fully saturated rings. The van der Waals surface area contributed by atoms with E-state index in [1.165, 1.54) is 28.8 Å². The Morgan fingerprint density at radius 1 is 1.19 bits per heavy atom. The van der Waals surface area contributed by atoms with E-state index in [0.717, 1.165) is 17.8 Å². The Morgan fingerprint density at radius 3 is 2.63 bits per heavy atom. The number of hydrogen-bond donors (Lipinski definition) is 1. The first-order valence-corrected chi connectivity index (χ1v) is 10.9. The van der Waals surface area contributed by atoms with Crippen molar-refractivity contribution in [1.29, 1.82) is 0 Å². The van der Waals surface area contributed by atoms with Gasteiger partial charge in [0.2, 0.25) is 5.91 Å². The third-order valence-corrected chi connectivity index (χ3v) is 6.85. The fraction of sp³-hybridized carbons (Fsp3) is 0.235. The smallest absolute Gasteiger partial charge is 0.234 e. The maximum Gasteiger partial charge on any atom is 0.234 e. The molecular weight excluding hydrogens is 447 g/mol. The molecule has 0 saturated heterocycles. The molecule has 2 aromatic heterocycles. The van der Waals surface area contributed by atoms with Crippen molar-refractivity contribution in [2.24, 2.45) is 7.05 Å². The Morgan fingerprint density at radius 2 is 1.93 bits per heavy atom. The van der Waals surface area contributed by atoms with Gasteiger partial charge in [-0.1, -0.05) is 53.5 Å². The molecule has 2 heterocycles. The maximum atomic E-state index is 12.2. The van der Waals surface area contributed by atoms with Gasteiger partial charge in [0.05, 0.1) is 26.5 Å². The normalized spacial score (nSPS) is 11.0. The van der Waals surface area contributed by atoms with Crippen LogP contribution < -0.4 is 5.32 Å². The molecule has 0 aliphatic heterocycles. The largest absolute Gasteiger partial charge is 0.324 e. The second-order valence-corrected chi connectivity index (χ2v) is 8.76. The van der Waals surface area contributed by atoms with Crippen LogP contribution in [0.1, 0.15) is 11.8 Å². The van der Waals surface area contributed by atoms with Gasteiger partial charge in [-0.2, -0.15) is 0 Å². The first-order chi connectivity index (χ1) is 12.9. The SMILES string of the molecule is CCc1cc(-c2nnc(SCC(=O)Nc3cc(Cl)c(Cl)cc3Cl)n2C)cs1. The van der Waals surface area contributed by atoms with Crippen LogP contribution in [0.2, 0.25) is 15.1 Å². The zero-order chi connectivity index (χ0) is 19.6. The molecular formula is C17H15Cl3N4OS2. The quantitative estimate of drug-likeness (QED) is 0.372. The summed E-state index contributed by atoms with van der Waals surface area (Å²) in [6, 6.07) is 5.13. The molecule has 1 aromatic carbocycles. The molecule has 10 heteroatoms. The topological polar surface area (TPSA) is 59.8 Å². The summed E-state index contributed by atoms with van der Waals surface area (Å²) in [6.07, 6.45) is 0.988. The van der Waals surface area contributed by atoms with E-state index >= 15 is 0 Å². The van der Waals surface area contributed by atoms with Gasteiger partial charge < -0.3 is 9.88 Å². The summed E-state index contributed by atoms with van der Waals surface area (Å²) in [5.74, 6) is 0.710. The highest BCUT2D eigenvalue weighted by Crippen LogP contribution is 2.32. The maximum absolute atomic E-state index is 12.2. The van der Waals surface area contributed by atoms with Crippen LogP contribution in [0.15, 0.2) is 28.7 Å². The lowest BCUT2D eigenvalue weighted by atomic mass is 10.2. The molecule has 0 atom stereocenters. The lowest BCUT2D eigenvalue weighted by Crippen LogP contribution is -2.14. The number of nitrogens with zero attached hydrogens (tertiary/aromatic N) is 3. The predicted molar refractivity (Wildman–Crippen MR) is 115 cm³/mol. The molecule has 0 unspecified atom stereocenters. The van der Waals surface area contributed by atoms with Gasteiger partial charge in [0.1, 0.15) is 0 Å². The van der Waals surface area contributed by atoms with Crippen molar-refractivity contribution < 1.29 is 4.79 Å². The highest BCUT2D eigenvalue weighted by atomic mass is 35.5. The minimum Gasteiger partial charge on any atom is -0.324 e. The Bertz CT molecular complexity index is 987. The molecule has 0 spiro atoms. The summed E-state index contributed by atoms with van der Waals surface area (Å²) in [5, 5.41) is 14.9. The third-order valence-electron chi connectivity index (χ3n) is 3.71. The van der Waals surface area contributed by atoms with Crippen molar-refractivity contribution in [2.75, 3.05) is 11.1 Å². The fourth-order valence-electron chi connectivity index (χ4n) is 2.31. The van der Waals surface area contributed by atoms with Gasteiger partial charge in [0.15, 0.2) is 11.0 Å². The summed E-state index contributed by atoms with van der Waals surface area (Å²) in [7, 11) is 1.88. The number of carbonyl (C=O) groups is 1. The van der Waals surface area contributed by atoms with E-state index in [1.807, 2.05) is 11.6 Å². The summed E-state index contributed by atoms with van der Waals surface area (Å²) in [4.78, 5) is 13.5. The lowest BCUT2D eigenvalue weighted by Gasteiger charge is -2.08. The third kappa shape index (κ3) is 4.78. The summed E-state index contributed by atoms with van der Waals surface area (Å²) in [6.45, 7) is 2.12. The van der Waals surface area contributed by atoms with Gasteiger partial charge in [-0.25, -0.2) is 0 Å². The van der Waals surface area contributed by atoms with Crippen LogP contribution in [0.3, 0.4) is 0 Å². The number of thioether (sulfide) groups is 1. The number of hydrogen-bond acceptors (Lipinski definition) is 5. The minimum atomic E-state index is -0.228. The molecule has 142 valence electrons. The molecule has 3 aromatic rings. The van der Waals surface area contributed by atoms with Gasteiger partial charge in [0.25, 0.3) is 0 Å². The standard InChI is InChI=1S/C17H15Cl3N4OS2/c1-3-10-4-9(7-26-10)16-22-23-17(24(16)2)27-8-15(25)21-14-6-12(19)11(18)5-13(14)20/h4-7H,3,8H2,1-2H3,(H,21,25). The van der Waals surface area contributed by atoms with Gasteiger partial charge in [-0.3, -0.25) is 4.79 Å². The first kappa shape index (κ1) is 20.5. The number of rotatable bonds is 6. The molecule has 0 aliphatic rings. The number of nitrogens with one attached hydrogen (secondary N) is 1. The van der Waals surface area contributed by atoms with Crippen molar-refractivity contribution >= 4 is 69.5 Å². The van der Waals surface area contributed by atoms with Crippen LogP contribution in [0.25, 0.3) is 11.4 Å². The van der Waals surface area contributed by atoms with Crippen molar-refractivity contribution in [3.63, 3.8) is 0 Å². The molecule has 1 amide bonds. The van der Waals surface area contributed by atoms with Crippen LogP contribution in [-0.2, 0) is 18.3 Å². The van der Waals surface area contributed by atoms with Crippen molar-refractivity contribution in [3.8, 4) is 11.4 Å². The summed E-state index contributed by atoms with van der Waals surface area (Å²) >= 11 is 20.9. The predicted octanol–water partition coefficient (Wildman–Crippen LogP) is 5.80. The first-order valence-electron chi connectivity index (χ1n) is 7.93. The Kier molecular flexibility index (Phi) is 6.70. The molecule has 3 rings (SSSR count). The molecule has 0 aliphatic carbocycles. The second kappa shape index (κ2) is 8.84. The number of amides is 1. The van der Waals surface area contributed by atoms with E-state index in [-0.39, 0.29) is 11.7 Å². The Labute approximate surface area is 180 Å². The van der Waals surface area contributed by atoms with Crippen LogP contribution >= 0.6 is 57.9 Å². The number of carbonyl (C=O) groups excluding carboxylic acids is 1. The van der Waals surface area contributed by atoms with Crippen molar-refractivity contribution in [3.05, 3.63) is 43.5 Å². The zero-order valence-corrected chi connectivity index (χ0v) is 18.3. The van der Waals surface area contributed by atoms with E-state index < -0.39 is 0 Å². The van der Waals surface area contributed by atoms with Gasteiger partial charge in [-0.15, -0.1) is 21.5 Å². The van der Waals surface area contributed by atoms with E-state index in [4.69, 9.17) is 34.8 Å². The second-order valence-electron chi connectivity index (χ2n) is 5.60. The van der Waals surface area contributed by atoms with Gasteiger partial charge in [-0.05, 0) is 24.6 Å². The fourth-order valence-corrected chi connectivity index (χ4v) is 4.43. The van der Waals surface area contributed by atoms with Crippen molar-refractivity contribution in [2.45, 2.75) is 18.5 Å². The van der Waals surface area contributed by atoms with Crippen LogP contribution in [0.5, 0.6) is 0 Å². The number of aromatic nitrogens is 3. The van der Waals surface area contributed by atoms with Crippen LogP contribution in [-0.4, -0.2) is 26.4 Å². The summed E-state index contributed by atoms with van der Waals surface area (Å²) in [5.41, 5.74) is 1.45. The molecule has 0 saturated carbocycles. The Balaban J connectivity index is 1.65. The van der Waals surface area contributed by atoms with E-state index in [2.05, 4.69) is 33.9 Å². The molecule has 5 nitrogen and oxygen atoms in total. The van der Waals surface area contributed by atoms with Gasteiger partial charge in [0, 0.05) is 22.9 Å². The minimum absolute atomic E-state index is 0.159. The van der Waals surface area contributed by atoms with Crippen LogP contribution in [0.4, 0.5) is 5.69 Å². The number of benzene rings is 1. The van der Waals surface area contributed by atoms with E-state index in [1.54, 1.807) is 11.3 Å². The number of halogens is 3. The molecule has 0 bridgehead atoms. The molecule has 1 N–H and O–H groups in total. The highest BCUT2D eigenvalue weighted by Gasteiger charge is 2.15.